The van der Waals surface area contributed by atoms with Crippen molar-refractivity contribution in [3.63, 3.8) is 0 Å². The largest absolute Gasteiger partial charge is 0.308 e. The Hall–Kier alpha value is -2.76. The van der Waals surface area contributed by atoms with Gasteiger partial charge in [-0.1, -0.05) is 0 Å². The van der Waals surface area contributed by atoms with Crippen molar-refractivity contribution in [1.29, 1.82) is 0 Å². The van der Waals surface area contributed by atoms with E-state index in [1.54, 1.807) is 23.2 Å². The number of nitrogens with one attached hydrogen (secondary N) is 1. The van der Waals surface area contributed by atoms with Crippen molar-refractivity contribution in [3.05, 3.63) is 41.7 Å². The summed E-state index contributed by atoms with van der Waals surface area (Å²) in [6.45, 7) is 6.44. The molecule has 5 rings (SSSR count). The van der Waals surface area contributed by atoms with Crippen molar-refractivity contribution >= 4 is 27.6 Å². The fourth-order valence-electron chi connectivity index (χ4n) is 4.34. The predicted molar refractivity (Wildman–Crippen MR) is 129 cm³/mol. The highest BCUT2D eigenvalue weighted by Gasteiger charge is 2.43. The van der Waals surface area contributed by atoms with Crippen LogP contribution in [-0.2, 0) is 23.1 Å². The van der Waals surface area contributed by atoms with Gasteiger partial charge in [0, 0.05) is 23.8 Å². The molecule has 1 aliphatic carbocycles. The second-order valence-corrected chi connectivity index (χ2v) is 11.7. The molecule has 1 aromatic heterocycles. The van der Waals surface area contributed by atoms with Crippen molar-refractivity contribution in [2.45, 2.75) is 56.3 Å². The van der Waals surface area contributed by atoms with E-state index >= 15 is 0 Å². The third-order valence-corrected chi connectivity index (χ3v) is 8.23. The third kappa shape index (κ3) is 4.23. The number of anilines is 1. The monoisotopic (exact) mass is 485 g/mol. The van der Waals surface area contributed by atoms with Crippen molar-refractivity contribution in [3.8, 4) is 0 Å². The number of benzene rings is 1. The highest BCUT2D eigenvalue weighted by molar-refractivity contribution is 7.89. The number of aliphatic imine (C=N–C) groups is 1. The first kappa shape index (κ1) is 23.0. The van der Waals surface area contributed by atoms with Crippen LogP contribution in [0.3, 0.4) is 0 Å². The maximum absolute atomic E-state index is 13.6. The molecule has 3 aliphatic rings. The molecule has 1 fully saturated rings. The van der Waals surface area contributed by atoms with Gasteiger partial charge in [-0.15, -0.1) is 0 Å². The molecule has 1 unspecified atom stereocenters. The summed E-state index contributed by atoms with van der Waals surface area (Å²) in [6, 6.07) is 4.87. The molecule has 11 heteroatoms. The highest BCUT2D eigenvalue weighted by atomic mass is 32.2. The number of carbonyl (C=O) groups excluding carboxylic acids is 1. The summed E-state index contributed by atoms with van der Waals surface area (Å²) in [6.07, 6.45) is 5.34. The maximum Gasteiger partial charge on any atom is 0.263 e. The van der Waals surface area contributed by atoms with E-state index in [1.165, 1.54) is 6.07 Å². The Morgan fingerprint density at radius 3 is 2.74 bits per heavy atom. The Kier molecular flexibility index (Phi) is 5.53. The number of fused-ring (bicyclic) bond motifs is 3. The lowest BCUT2D eigenvalue weighted by Gasteiger charge is -2.38. The van der Waals surface area contributed by atoms with Gasteiger partial charge < -0.3 is 9.80 Å². The van der Waals surface area contributed by atoms with E-state index < -0.39 is 10.0 Å². The van der Waals surface area contributed by atoms with Crippen LogP contribution >= 0.6 is 0 Å². The normalized spacial score (nSPS) is 21.0. The molecule has 0 spiro atoms. The number of hydrogen-bond donors (Lipinski definition) is 1. The number of likely N-dealkylation sites (N-methyl/N-ethyl adjacent to an activating group) is 1. The standard InChI is InChI=1S/C23H31N7O3S/c1-16-12-24-22-29(15-17-13-25-28(14-17)10-9-27(3)4)21(31)19-11-18(5-6-20(19)30(16)22)34(32,33)26-23(2)7-8-23/h5-6,11,13-14,16,26H,7-10,12,15H2,1-4H3. The molecule has 2 aliphatic heterocycles. The summed E-state index contributed by atoms with van der Waals surface area (Å²) >= 11 is 0. The third-order valence-electron chi connectivity index (χ3n) is 6.59. The average Bonchev–Trinajstić information content (AvgIpc) is 3.16. The van der Waals surface area contributed by atoms with Gasteiger partial charge in [-0.05, 0) is 59.0 Å². The van der Waals surface area contributed by atoms with E-state index in [9.17, 15) is 13.2 Å². The Morgan fingerprint density at radius 2 is 2.03 bits per heavy atom. The summed E-state index contributed by atoms with van der Waals surface area (Å²) in [7, 11) is 0.301. The molecule has 0 bridgehead atoms. The van der Waals surface area contributed by atoms with Crippen LogP contribution in [0.25, 0.3) is 0 Å². The minimum Gasteiger partial charge on any atom is -0.308 e. The first-order chi connectivity index (χ1) is 16.1. The van der Waals surface area contributed by atoms with Crippen LogP contribution in [0, 0.1) is 0 Å². The summed E-state index contributed by atoms with van der Waals surface area (Å²) in [5, 5.41) is 4.42. The molecular weight excluding hydrogens is 454 g/mol. The van der Waals surface area contributed by atoms with Gasteiger partial charge in [0.25, 0.3) is 5.91 Å². The minimum absolute atomic E-state index is 0.0677. The summed E-state index contributed by atoms with van der Waals surface area (Å²) in [4.78, 5) is 24.1. The lowest BCUT2D eigenvalue weighted by atomic mass is 10.1. The molecule has 0 saturated heterocycles. The zero-order valence-corrected chi connectivity index (χ0v) is 20.8. The van der Waals surface area contributed by atoms with E-state index in [1.807, 2.05) is 43.7 Å². The molecule has 1 atom stereocenters. The minimum atomic E-state index is -3.72. The van der Waals surface area contributed by atoms with Crippen molar-refractivity contribution in [2.24, 2.45) is 4.99 Å². The Balaban J connectivity index is 1.46. The van der Waals surface area contributed by atoms with Gasteiger partial charge in [-0.3, -0.25) is 19.4 Å². The first-order valence-corrected chi connectivity index (χ1v) is 13.0. The molecule has 1 N–H and O–H groups in total. The second kappa shape index (κ2) is 8.17. The SMILES string of the molecule is CC1CN=C2N(Cc3cnn(CCN(C)C)c3)C(=O)c3cc(S(=O)(=O)NC4(C)CC4)ccc3N21. The molecular formula is C23H31N7O3S. The van der Waals surface area contributed by atoms with Crippen molar-refractivity contribution in [1.82, 2.24) is 24.3 Å². The van der Waals surface area contributed by atoms with Gasteiger partial charge in [0.1, 0.15) is 0 Å². The van der Waals surface area contributed by atoms with Gasteiger partial charge in [0.15, 0.2) is 0 Å². The maximum atomic E-state index is 13.6. The molecule has 0 radical (unpaired) electrons. The number of guanidine groups is 1. The van der Waals surface area contributed by atoms with Gasteiger partial charge >= 0.3 is 0 Å². The molecule has 1 saturated carbocycles. The predicted octanol–water partition coefficient (Wildman–Crippen LogP) is 1.50. The summed E-state index contributed by atoms with van der Waals surface area (Å²) in [5.41, 5.74) is 1.57. The average molecular weight is 486 g/mol. The van der Waals surface area contributed by atoms with E-state index in [2.05, 4.69) is 19.7 Å². The zero-order valence-electron chi connectivity index (χ0n) is 20.0. The number of rotatable bonds is 8. The van der Waals surface area contributed by atoms with Gasteiger partial charge in [0.05, 0.1) is 48.0 Å². The van der Waals surface area contributed by atoms with Gasteiger partial charge in [-0.2, -0.15) is 5.10 Å². The fraction of sp³-hybridized carbons (Fsp3) is 0.522. The number of nitrogens with zero attached hydrogens (tertiary/aromatic N) is 6. The van der Waals surface area contributed by atoms with Crippen LogP contribution in [-0.4, -0.2) is 78.6 Å². The van der Waals surface area contributed by atoms with E-state index in [0.717, 1.165) is 31.5 Å². The van der Waals surface area contributed by atoms with Crippen molar-refractivity contribution < 1.29 is 13.2 Å². The number of carbonyl (C=O) groups is 1. The molecule has 2 aromatic rings. The van der Waals surface area contributed by atoms with Crippen LogP contribution in [0.4, 0.5) is 5.69 Å². The topological polar surface area (TPSA) is 103 Å². The second-order valence-electron chi connectivity index (χ2n) is 10.0. The fourth-order valence-corrected chi connectivity index (χ4v) is 5.83. The molecule has 10 nitrogen and oxygen atoms in total. The van der Waals surface area contributed by atoms with Crippen molar-refractivity contribution in [2.75, 3.05) is 32.1 Å². The van der Waals surface area contributed by atoms with Crippen LogP contribution in [0.5, 0.6) is 0 Å². The van der Waals surface area contributed by atoms with E-state index in [4.69, 9.17) is 0 Å². The van der Waals surface area contributed by atoms with Gasteiger partial charge in [0.2, 0.25) is 16.0 Å². The number of aromatic nitrogens is 2. The molecule has 34 heavy (non-hydrogen) atoms. The lowest BCUT2D eigenvalue weighted by Crippen LogP contribution is -2.52. The van der Waals surface area contributed by atoms with Crippen LogP contribution in [0.1, 0.15) is 42.6 Å². The number of hydrogen-bond acceptors (Lipinski definition) is 7. The lowest BCUT2D eigenvalue weighted by molar-refractivity contribution is 0.0833. The highest BCUT2D eigenvalue weighted by Crippen LogP contribution is 2.38. The van der Waals surface area contributed by atoms with E-state index in [-0.39, 0.29) is 22.4 Å². The molecule has 1 aromatic carbocycles. The summed E-state index contributed by atoms with van der Waals surface area (Å²) in [5.74, 6) is 0.347. The molecule has 3 heterocycles. The van der Waals surface area contributed by atoms with Crippen LogP contribution in [0.15, 0.2) is 40.5 Å². The Bertz CT molecular complexity index is 1260. The Morgan fingerprint density at radius 1 is 1.26 bits per heavy atom. The quantitative estimate of drug-likeness (QED) is 0.608. The van der Waals surface area contributed by atoms with Crippen LogP contribution < -0.4 is 9.62 Å². The Labute approximate surface area is 200 Å². The molecule has 182 valence electrons. The zero-order chi connectivity index (χ0) is 24.3. The smallest absolute Gasteiger partial charge is 0.263 e. The van der Waals surface area contributed by atoms with Crippen LogP contribution in [0.2, 0.25) is 0 Å². The molecule has 1 amide bonds. The van der Waals surface area contributed by atoms with Gasteiger partial charge in [-0.25, -0.2) is 13.1 Å². The van der Waals surface area contributed by atoms with E-state index in [0.29, 0.717) is 30.3 Å². The number of amides is 1. The number of sulfonamides is 1. The first-order valence-electron chi connectivity index (χ1n) is 11.6. The summed E-state index contributed by atoms with van der Waals surface area (Å²) < 4.78 is 30.6.